The van der Waals surface area contributed by atoms with Gasteiger partial charge in [0, 0.05) is 11.8 Å². The fraction of sp³-hybridized carbons (Fsp3) is 0.654. The number of carbonyl (C=O) groups excluding carboxylic acids is 2. The summed E-state index contributed by atoms with van der Waals surface area (Å²) in [6, 6.07) is 0. The van der Waals surface area contributed by atoms with Gasteiger partial charge in [-0.1, -0.05) is 31.2 Å². The van der Waals surface area contributed by atoms with E-state index in [1.807, 2.05) is 13.0 Å². The Morgan fingerprint density at radius 3 is 2.89 bits per heavy atom. The Morgan fingerprint density at radius 1 is 1.23 bits per heavy atom. The van der Waals surface area contributed by atoms with Gasteiger partial charge in [-0.25, -0.2) is 9.97 Å². The molecule has 0 bridgehead atoms. The Hall–Kier alpha value is -2.10. The predicted octanol–water partition coefficient (Wildman–Crippen LogP) is 3.25. The molecule has 0 amide bonds. The number of rotatable bonds is 4. The third kappa shape index (κ3) is 3.23. The smallest absolute Gasteiger partial charge is 0.175 e. The number of Topliss-reactive ketones (excluding diaryl/α,β-unsaturated/α-hetero) is 1. The zero-order valence-electron chi connectivity index (χ0n) is 20.2. The lowest BCUT2D eigenvalue weighted by Crippen LogP contribution is -2.61. The molecule has 5 unspecified atom stereocenters. The summed E-state index contributed by atoms with van der Waals surface area (Å²) in [6.07, 6.45) is 8.99. The lowest BCUT2D eigenvalue weighted by Gasteiger charge is -2.60. The summed E-state index contributed by atoms with van der Waals surface area (Å²) in [5.41, 5.74) is -0.524. The number of ketones is 2. The van der Waals surface area contributed by atoms with Crippen molar-refractivity contribution in [3.8, 4) is 0 Å². The average Bonchev–Trinajstić information content (AvgIpc) is 3.41. The first kappa shape index (κ1) is 23.3. The first-order valence-electron chi connectivity index (χ1n) is 12.6. The molecule has 3 saturated carbocycles. The molecule has 8 nitrogen and oxygen atoms in total. The van der Waals surface area contributed by atoms with Gasteiger partial charge in [-0.3, -0.25) is 14.7 Å². The zero-order chi connectivity index (χ0) is 24.6. The highest BCUT2D eigenvalue weighted by Gasteiger charge is 2.68. The number of hydrogen-bond acceptors (Lipinski definition) is 8. The molecule has 0 saturated heterocycles. The van der Waals surface area contributed by atoms with Gasteiger partial charge in [-0.15, -0.1) is 0 Å². The van der Waals surface area contributed by atoms with E-state index in [2.05, 4.69) is 27.1 Å². The van der Waals surface area contributed by atoms with Gasteiger partial charge < -0.3 is 10.2 Å². The van der Waals surface area contributed by atoms with Crippen LogP contribution < -0.4 is 0 Å². The van der Waals surface area contributed by atoms with Crippen molar-refractivity contribution in [2.45, 2.75) is 75.5 Å². The minimum atomic E-state index is -1.47. The Morgan fingerprint density at radius 2 is 2.06 bits per heavy atom. The van der Waals surface area contributed by atoms with Crippen LogP contribution in [0.2, 0.25) is 0 Å². The molecule has 186 valence electrons. The molecule has 0 spiro atoms. The topological polar surface area (TPSA) is 129 Å². The van der Waals surface area contributed by atoms with Crippen molar-refractivity contribution < 1.29 is 19.8 Å². The summed E-state index contributed by atoms with van der Waals surface area (Å²) < 4.78 is 0. The molecule has 7 atom stereocenters. The van der Waals surface area contributed by atoms with E-state index in [9.17, 15) is 19.8 Å². The SMILES string of the molecule is CC12CCC(=O)C=C1CCC1C2[C@@H](O)CC2(C)C1CC[C@]2(O)C(=O)CSc1ncnc2[nH]ncc12. The second-order valence-electron chi connectivity index (χ2n) is 11.5. The highest BCUT2D eigenvalue weighted by Crippen LogP contribution is 2.67. The van der Waals surface area contributed by atoms with Crippen molar-refractivity contribution in [3.05, 3.63) is 24.2 Å². The number of nitrogens with zero attached hydrogens (tertiary/aromatic N) is 3. The molecule has 9 heteroatoms. The fourth-order valence-corrected chi connectivity index (χ4v) is 9.19. The van der Waals surface area contributed by atoms with Crippen LogP contribution in [-0.2, 0) is 9.59 Å². The number of hydrogen-bond donors (Lipinski definition) is 3. The quantitative estimate of drug-likeness (QED) is 0.435. The first-order chi connectivity index (χ1) is 16.7. The van der Waals surface area contributed by atoms with Gasteiger partial charge in [0.05, 0.1) is 23.4 Å². The third-order valence-electron chi connectivity index (χ3n) is 10.1. The van der Waals surface area contributed by atoms with Gasteiger partial charge in [0.15, 0.2) is 17.2 Å². The molecule has 0 aromatic carbocycles. The minimum Gasteiger partial charge on any atom is -0.393 e. The van der Waals surface area contributed by atoms with Crippen LogP contribution in [-0.4, -0.2) is 59.4 Å². The molecule has 2 heterocycles. The molecule has 2 aromatic rings. The number of aliphatic hydroxyl groups excluding tert-OH is 1. The van der Waals surface area contributed by atoms with Crippen LogP contribution >= 0.6 is 11.8 Å². The summed E-state index contributed by atoms with van der Waals surface area (Å²) >= 11 is 1.30. The number of aromatic amines is 1. The molecular weight excluding hydrogens is 464 g/mol. The second kappa shape index (κ2) is 7.95. The van der Waals surface area contributed by atoms with Crippen molar-refractivity contribution in [1.82, 2.24) is 20.2 Å². The highest BCUT2D eigenvalue weighted by molar-refractivity contribution is 8.00. The summed E-state index contributed by atoms with van der Waals surface area (Å²) in [6.45, 7) is 4.24. The van der Waals surface area contributed by atoms with Crippen molar-refractivity contribution >= 4 is 34.4 Å². The summed E-state index contributed by atoms with van der Waals surface area (Å²) in [5, 5.41) is 31.7. The number of aromatic nitrogens is 4. The molecule has 4 aliphatic carbocycles. The van der Waals surface area contributed by atoms with E-state index in [0.29, 0.717) is 29.9 Å². The predicted molar refractivity (Wildman–Crippen MR) is 130 cm³/mol. The number of carbonyl (C=O) groups is 2. The van der Waals surface area contributed by atoms with Crippen LogP contribution in [0.1, 0.15) is 58.8 Å². The normalized spacial score (nSPS) is 40.7. The maximum atomic E-state index is 13.6. The van der Waals surface area contributed by atoms with Crippen molar-refractivity contribution in [1.29, 1.82) is 0 Å². The number of allylic oxidation sites excluding steroid dienone is 1. The maximum absolute atomic E-state index is 13.6. The molecular formula is C26H32N4O4S. The molecule has 35 heavy (non-hydrogen) atoms. The number of H-pyrrole nitrogens is 1. The van der Waals surface area contributed by atoms with E-state index in [1.165, 1.54) is 23.7 Å². The van der Waals surface area contributed by atoms with Crippen molar-refractivity contribution in [2.24, 2.45) is 28.6 Å². The van der Waals surface area contributed by atoms with Gasteiger partial charge in [0.2, 0.25) is 0 Å². The largest absolute Gasteiger partial charge is 0.393 e. The number of thioether (sulfide) groups is 1. The molecule has 6 rings (SSSR count). The zero-order valence-corrected chi connectivity index (χ0v) is 21.0. The number of fused-ring (bicyclic) bond motifs is 6. The Labute approximate surface area is 208 Å². The van der Waals surface area contributed by atoms with E-state index in [-0.39, 0.29) is 40.5 Å². The van der Waals surface area contributed by atoms with Gasteiger partial charge in [-0.05, 0) is 67.8 Å². The highest BCUT2D eigenvalue weighted by atomic mass is 32.2. The second-order valence-corrected chi connectivity index (χ2v) is 12.5. The fourth-order valence-electron chi connectivity index (χ4n) is 8.26. The summed E-state index contributed by atoms with van der Waals surface area (Å²) in [4.78, 5) is 34.1. The van der Waals surface area contributed by atoms with Crippen LogP contribution in [0.5, 0.6) is 0 Å². The summed E-state index contributed by atoms with van der Waals surface area (Å²) in [7, 11) is 0. The van der Waals surface area contributed by atoms with E-state index in [4.69, 9.17) is 0 Å². The van der Waals surface area contributed by atoms with E-state index >= 15 is 0 Å². The van der Waals surface area contributed by atoms with Gasteiger partial charge >= 0.3 is 0 Å². The maximum Gasteiger partial charge on any atom is 0.175 e. The van der Waals surface area contributed by atoms with Crippen LogP contribution in [0, 0.1) is 28.6 Å². The Balaban J connectivity index is 1.26. The monoisotopic (exact) mass is 496 g/mol. The molecule has 0 radical (unpaired) electrons. The van der Waals surface area contributed by atoms with Gasteiger partial charge in [0.1, 0.15) is 17.0 Å². The van der Waals surface area contributed by atoms with Crippen molar-refractivity contribution in [2.75, 3.05) is 5.75 Å². The van der Waals surface area contributed by atoms with Gasteiger partial charge in [-0.2, -0.15) is 5.10 Å². The van der Waals surface area contributed by atoms with Crippen LogP contribution in [0.3, 0.4) is 0 Å². The Kier molecular flexibility index (Phi) is 5.29. The summed E-state index contributed by atoms with van der Waals surface area (Å²) in [5.74, 6) is 0.579. The standard InChI is InChI=1S/C26H32N4O4S/c1-24-7-5-15(31)9-14(24)3-4-16-18-6-8-26(34,25(18,2)10-19(32)21(16)24)20(33)12-35-23-17-11-29-30-22(17)27-13-28-23/h9,11,13,16,18-19,21,32,34H,3-8,10,12H2,1-2H3,(H,27,28,29,30)/t16?,18?,19-,21?,24?,25?,26-/m0/s1. The van der Waals surface area contributed by atoms with E-state index in [1.54, 1.807) is 6.20 Å². The van der Waals surface area contributed by atoms with Crippen LogP contribution in [0.15, 0.2) is 29.2 Å². The van der Waals surface area contributed by atoms with E-state index < -0.39 is 17.1 Å². The number of aliphatic hydroxyl groups is 2. The third-order valence-corrected chi connectivity index (χ3v) is 11.1. The van der Waals surface area contributed by atoms with Crippen molar-refractivity contribution in [3.63, 3.8) is 0 Å². The lowest BCUT2D eigenvalue weighted by atomic mass is 9.45. The first-order valence-corrected chi connectivity index (χ1v) is 13.6. The molecule has 4 aliphatic rings. The van der Waals surface area contributed by atoms with Crippen LogP contribution in [0.25, 0.3) is 11.0 Å². The Bertz CT molecular complexity index is 1240. The number of nitrogens with one attached hydrogen (secondary N) is 1. The van der Waals surface area contributed by atoms with Crippen LogP contribution in [0.4, 0.5) is 0 Å². The molecule has 0 aliphatic heterocycles. The minimum absolute atomic E-state index is 0.0656. The molecule has 3 fully saturated rings. The lowest BCUT2D eigenvalue weighted by molar-refractivity contribution is -0.178. The average molecular weight is 497 g/mol. The molecule has 3 N–H and O–H groups in total. The van der Waals surface area contributed by atoms with Gasteiger partial charge in [0.25, 0.3) is 0 Å². The molecule has 2 aromatic heterocycles. The van der Waals surface area contributed by atoms with E-state index in [0.717, 1.165) is 31.1 Å².